The van der Waals surface area contributed by atoms with Gasteiger partial charge in [-0.2, -0.15) is 0 Å². The molecule has 0 amide bonds. The molecule has 0 aliphatic heterocycles. The van der Waals surface area contributed by atoms with Crippen molar-refractivity contribution in [2.45, 2.75) is 37.4 Å². The summed E-state index contributed by atoms with van der Waals surface area (Å²) in [7, 11) is 1.65. The Labute approximate surface area is 173 Å². The minimum Gasteiger partial charge on any atom is -0.497 e. The Balaban J connectivity index is 1.46. The summed E-state index contributed by atoms with van der Waals surface area (Å²) >= 11 is 1.63. The van der Waals surface area contributed by atoms with Crippen LogP contribution in [-0.4, -0.2) is 31.3 Å². The third kappa shape index (κ3) is 4.22. The van der Waals surface area contributed by atoms with Crippen LogP contribution in [0.5, 0.6) is 11.5 Å². The molecule has 4 aromatic rings. The third-order valence-electron chi connectivity index (χ3n) is 4.56. The highest BCUT2D eigenvalue weighted by Gasteiger charge is 2.19. The number of hydrogen-bond acceptors (Lipinski definition) is 6. The molecule has 3 aromatic heterocycles. The Kier molecular flexibility index (Phi) is 5.71. The number of rotatable bonds is 8. The molecule has 0 saturated heterocycles. The summed E-state index contributed by atoms with van der Waals surface area (Å²) in [5.74, 6) is 3.10. The molecule has 1 aromatic carbocycles. The van der Waals surface area contributed by atoms with Crippen molar-refractivity contribution in [1.29, 1.82) is 0 Å². The van der Waals surface area contributed by atoms with Crippen molar-refractivity contribution in [2.75, 3.05) is 7.11 Å². The molecule has 4 rings (SSSR count). The van der Waals surface area contributed by atoms with Crippen molar-refractivity contribution in [3.05, 3.63) is 66.4 Å². The molecule has 0 N–H and O–H groups in total. The van der Waals surface area contributed by atoms with E-state index in [-0.39, 0.29) is 6.10 Å². The van der Waals surface area contributed by atoms with E-state index in [1.807, 2.05) is 66.2 Å². The molecule has 0 fully saturated rings. The summed E-state index contributed by atoms with van der Waals surface area (Å²) in [6.45, 7) is 4.84. The van der Waals surface area contributed by atoms with Crippen LogP contribution in [0.2, 0.25) is 0 Å². The van der Waals surface area contributed by atoms with Crippen molar-refractivity contribution >= 4 is 17.4 Å². The minimum atomic E-state index is -0.222. The normalized spacial score (nSPS) is 12.2. The predicted octanol–water partition coefficient (Wildman–Crippen LogP) is 4.39. The van der Waals surface area contributed by atoms with E-state index in [4.69, 9.17) is 9.47 Å². The first-order valence-electron chi connectivity index (χ1n) is 9.47. The Bertz CT molecular complexity index is 1060. The van der Waals surface area contributed by atoms with Gasteiger partial charge >= 0.3 is 0 Å². The van der Waals surface area contributed by atoms with Crippen molar-refractivity contribution in [1.82, 2.24) is 24.1 Å². The second-order valence-electron chi connectivity index (χ2n) is 6.51. The SMILES string of the molecule is CCn1c(SCc2cn3ccccc3n2)nnc1C(C)Oc1ccc(OC)cc1. The summed E-state index contributed by atoms with van der Waals surface area (Å²) in [6, 6.07) is 13.5. The smallest absolute Gasteiger partial charge is 0.191 e. The van der Waals surface area contributed by atoms with Crippen molar-refractivity contribution < 1.29 is 9.47 Å². The van der Waals surface area contributed by atoms with E-state index in [9.17, 15) is 0 Å². The number of thioether (sulfide) groups is 1. The lowest BCUT2D eigenvalue weighted by Crippen LogP contribution is -2.12. The molecule has 3 heterocycles. The highest BCUT2D eigenvalue weighted by Crippen LogP contribution is 2.27. The van der Waals surface area contributed by atoms with Gasteiger partial charge in [-0.1, -0.05) is 17.8 Å². The van der Waals surface area contributed by atoms with Gasteiger partial charge in [-0.15, -0.1) is 10.2 Å². The van der Waals surface area contributed by atoms with E-state index in [0.717, 1.165) is 46.1 Å². The number of fused-ring (bicyclic) bond motifs is 1. The van der Waals surface area contributed by atoms with Gasteiger partial charge in [0.05, 0.1) is 12.8 Å². The average Bonchev–Trinajstić information content (AvgIpc) is 3.36. The molecular weight excluding hydrogens is 386 g/mol. The first kappa shape index (κ1) is 19.3. The quantitative estimate of drug-likeness (QED) is 0.402. The largest absolute Gasteiger partial charge is 0.497 e. The maximum atomic E-state index is 6.05. The summed E-state index contributed by atoms with van der Waals surface area (Å²) < 4.78 is 15.4. The van der Waals surface area contributed by atoms with Crippen LogP contribution in [0.25, 0.3) is 5.65 Å². The third-order valence-corrected chi connectivity index (χ3v) is 5.56. The van der Waals surface area contributed by atoms with Crippen LogP contribution in [0, 0.1) is 0 Å². The molecule has 0 spiro atoms. The molecule has 0 bridgehead atoms. The minimum absolute atomic E-state index is 0.222. The number of methoxy groups -OCH3 is 1. The van der Waals surface area contributed by atoms with Crippen LogP contribution in [0.3, 0.4) is 0 Å². The fraction of sp³-hybridized carbons (Fsp3) is 0.286. The van der Waals surface area contributed by atoms with Gasteiger partial charge in [0.1, 0.15) is 17.1 Å². The van der Waals surface area contributed by atoms with Crippen LogP contribution >= 0.6 is 11.8 Å². The standard InChI is InChI=1S/C21H23N5O2S/c1-4-26-20(15(2)28-18-10-8-17(27-3)9-11-18)23-24-21(26)29-14-16-13-25-12-6-5-7-19(25)22-16/h5-13,15H,4,14H2,1-3H3. The molecule has 150 valence electrons. The fourth-order valence-electron chi connectivity index (χ4n) is 3.11. The number of imidazole rings is 1. The zero-order chi connectivity index (χ0) is 20.2. The van der Waals surface area contributed by atoms with Crippen LogP contribution in [0.15, 0.2) is 60.0 Å². The molecule has 7 nitrogen and oxygen atoms in total. The van der Waals surface area contributed by atoms with Gasteiger partial charge in [0, 0.05) is 24.7 Å². The molecule has 0 saturated carbocycles. The lowest BCUT2D eigenvalue weighted by molar-refractivity contribution is 0.209. The Morgan fingerprint density at radius 2 is 1.86 bits per heavy atom. The molecular formula is C21H23N5O2S. The van der Waals surface area contributed by atoms with Gasteiger partial charge in [0.15, 0.2) is 17.1 Å². The number of ether oxygens (including phenoxy) is 2. The molecule has 8 heteroatoms. The molecule has 0 aliphatic carbocycles. The maximum Gasteiger partial charge on any atom is 0.191 e. The van der Waals surface area contributed by atoms with Gasteiger partial charge in [-0.25, -0.2) is 4.98 Å². The highest BCUT2D eigenvalue weighted by atomic mass is 32.2. The number of nitrogens with zero attached hydrogens (tertiary/aromatic N) is 5. The van der Waals surface area contributed by atoms with Gasteiger partial charge in [-0.3, -0.25) is 0 Å². The Morgan fingerprint density at radius 1 is 1.07 bits per heavy atom. The van der Waals surface area contributed by atoms with Crippen LogP contribution in [0.4, 0.5) is 0 Å². The number of benzene rings is 1. The fourth-order valence-corrected chi connectivity index (χ4v) is 4.00. The second kappa shape index (κ2) is 8.57. The van der Waals surface area contributed by atoms with E-state index < -0.39 is 0 Å². The zero-order valence-electron chi connectivity index (χ0n) is 16.6. The Hall–Kier alpha value is -3.00. The van der Waals surface area contributed by atoms with Crippen LogP contribution in [-0.2, 0) is 12.3 Å². The maximum absolute atomic E-state index is 6.05. The topological polar surface area (TPSA) is 66.5 Å². The average molecular weight is 410 g/mol. The predicted molar refractivity (Wildman–Crippen MR) is 112 cm³/mol. The first-order chi connectivity index (χ1) is 14.2. The van der Waals surface area contributed by atoms with Crippen LogP contribution in [0.1, 0.15) is 31.5 Å². The number of aromatic nitrogens is 5. The van der Waals surface area contributed by atoms with Crippen molar-refractivity contribution in [3.63, 3.8) is 0 Å². The number of hydrogen-bond donors (Lipinski definition) is 0. The molecule has 1 atom stereocenters. The summed E-state index contributed by atoms with van der Waals surface area (Å²) in [5, 5.41) is 9.64. The van der Waals surface area contributed by atoms with Gasteiger partial charge in [0.2, 0.25) is 0 Å². The van der Waals surface area contributed by atoms with Crippen molar-refractivity contribution in [3.8, 4) is 11.5 Å². The second-order valence-corrected chi connectivity index (χ2v) is 7.45. The highest BCUT2D eigenvalue weighted by molar-refractivity contribution is 7.98. The van der Waals surface area contributed by atoms with E-state index >= 15 is 0 Å². The van der Waals surface area contributed by atoms with Gasteiger partial charge in [-0.05, 0) is 50.2 Å². The zero-order valence-corrected chi connectivity index (χ0v) is 17.5. The summed E-state index contributed by atoms with van der Waals surface area (Å²) in [4.78, 5) is 4.64. The Morgan fingerprint density at radius 3 is 2.59 bits per heavy atom. The molecule has 1 unspecified atom stereocenters. The van der Waals surface area contributed by atoms with Gasteiger partial charge < -0.3 is 18.4 Å². The molecule has 0 radical (unpaired) electrons. The monoisotopic (exact) mass is 409 g/mol. The lowest BCUT2D eigenvalue weighted by Gasteiger charge is -2.15. The summed E-state index contributed by atoms with van der Waals surface area (Å²) in [6.07, 6.45) is 3.83. The lowest BCUT2D eigenvalue weighted by atomic mass is 10.3. The first-order valence-corrected chi connectivity index (χ1v) is 10.5. The van der Waals surface area contributed by atoms with E-state index in [0.29, 0.717) is 0 Å². The molecule has 29 heavy (non-hydrogen) atoms. The van der Waals surface area contributed by atoms with E-state index in [2.05, 4.69) is 26.7 Å². The summed E-state index contributed by atoms with van der Waals surface area (Å²) in [5.41, 5.74) is 1.96. The van der Waals surface area contributed by atoms with Gasteiger partial charge in [0.25, 0.3) is 0 Å². The van der Waals surface area contributed by atoms with Crippen molar-refractivity contribution in [2.24, 2.45) is 0 Å². The molecule has 0 aliphatic rings. The van der Waals surface area contributed by atoms with E-state index in [1.54, 1.807) is 18.9 Å². The number of pyridine rings is 1. The van der Waals surface area contributed by atoms with E-state index in [1.165, 1.54) is 0 Å². The van der Waals surface area contributed by atoms with Crippen LogP contribution < -0.4 is 9.47 Å².